The zero-order valence-corrected chi connectivity index (χ0v) is 11.5. The zero-order chi connectivity index (χ0) is 12.6. The first-order chi connectivity index (χ1) is 8.00. The Balaban J connectivity index is 2.21. The molecule has 1 aliphatic rings. The van der Waals surface area contributed by atoms with E-state index in [1.807, 2.05) is 0 Å². The Morgan fingerprint density at radius 2 is 2.24 bits per heavy atom. The average molecular weight is 348 g/mol. The molecule has 1 aromatic rings. The van der Waals surface area contributed by atoms with Crippen LogP contribution in [0.15, 0.2) is 12.3 Å². The first kappa shape index (κ1) is 12.4. The SMILES string of the molecule is CC(C(=O)O)N(C(=O)c1cc(I)c[nH]1)C1CC1. The quantitative estimate of drug-likeness (QED) is 0.814. The summed E-state index contributed by atoms with van der Waals surface area (Å²) in [7, 11) is 0. The van der Waals surface area contributed by atoms with Gasteiger partial charge in [-0.1, -0.05) is 0 Å². The number of rotatable bonds is 4. The normalized spacial score (nSPS) is 16.6. The molecule has 92 valence electrons. The van der Waals surface area contributed by atoms with Crippen LogP contribution < -0.4 is 0 Å². The number of amides is 1. The Hall–Kier alpha value is -1.05. The van der Waals surface area contributed by atoms with Gasteiger partial charge in [0.25, 0.3) is 5.91 Å². The van der Waals surface area contributed by atoms with Crippen LogP contribution in [0, 0.1) is 3.57 Å². The summed E-state index contributed by atoms with van der Waals surface area (Å²) in [5, 5.41) is 9.02. The van der Waals surface area contributed by atoms with E-state index in [-0.39, 0.29) is 11.9 Å². The second-order valence-electron chi connectivity index (χ2n) is 4.19. The highest BCUT2D eigenvalue weighted by Crippen LogP contribution is 2.30. The molecule has 0 saturated heterocycles. The van der Waals surface area contributed by atoms with E-state index in [0.29, 0.717) is 5.69 Å². The van der Waals surface area contributed by atoms with Crippen molar-refractivity contribution in [3.63, 3.8) is 0 Å². The van der Waals surface area contributed by atoms with Gasteiger partial charge < -0.3 is 15.0 Å². The van der Waals surface area contributed by atoms with Gasteiger partial charge in [-0.05, 0) is 48.4 Å². The molecule has 17 heavy (non-hydrogen) atoms. The van der Waals surface area contributed by atoms with Crippen LogP contribution in [-0.4, -0.2) is 39.0 Å². The molecular weight excluding hydrogens is 335 g/mol. The second-order valence-corrected chi connectivity index (χ2v) is 5.44. The number of carbonyl (C=O) groups is 2. The second kappa shape index (κ2) is 4.67. The number of nitrogens with one attached hydrogen (secondary N) is 1. The Kier molecular flexibility index (Phi) is 3.41. The average Bonchev–Trinajstić information content (AvgIpc) is 3.00. The lowest BCUT2D eigenvalue weighted by Gasteiger charge is -2.25. The molecule has 1 heterocycles. The highest BCUT2D eigenvalue weighted by molar-refractivity contribution is 14.1. The lowest BCUT2D eigenvalue weighted by atomic mass is 10.2. The van der Waals surface area contributed by atoms with Crippen molar-refractivity contribution in [1.29, 1.82) is 0 Å². The maximum Gasteiger partial charge on any atom is 0.326 e. The first-order valence-corrected chi connectivity index (χ1v) is 6.48. The maximum atomic E-state index is 12.2. The fraction of sp³-hybridized carbons (Fsp3) is 0.455. The van der Waals surface area contributed by atoms with E-state index < -0.39 is 12.0 Å². The molecule has 0 radical (unpaired) electrons. The standard InChI is InChI=1S/C11H13IN2O3/c1-6(11(16)17)14(8-2-3-8)10(15)9-4-7(12)5-13-9/h4-6,8,13H,2-3H2,1H3,(H,16,17). The monoisotopic (exact) mass is 348 g/mol. The number of halogens is 1. The van der Waals surface area contributed by atoms with Crippen LogP contribution in [0.3, 0.4) is 0 Å². The van der Waals surface area contributed by atoms with E-state index >= 15 is 0 Å². The van der Waals surface area contributed by atoms with Crippen LogP contribution in [0.5, 0.6) is 0 Å². The number of carboxylic acids is 1. The lowest BCUT2D eigenvalue weighted by molar-refractivity contribution is -0.141. The van der Waals surface area contributed by atoms with Crippen LogP contribution in [0.25, 0.3) is 0 Å². The number of carbonyl (C=O) groups excluding carboxylic acids is 1. The molecule has 0 aliphatic heterocycles. The topological polar surface area (TPSA) is 73.4 Å². The van der Waals surface area contributed by atoms with E-state index in [1.165, 1.54) is 4.90 Å². The number of hydrogen-bond acceptors (Lipinski definition) is 2. The molecule has 6 heteroatoms. The van der Waals surface area contributed by atoms with Gasteiger partial charge in [0.1, 0.15) is 11.7 Å². The third kappa shape index (κ3) is 2.62. The predicted molar refractivity (Wildman–Crippen MR) is 69.8 cm³/mol. The summed E-state index contributed by atoms with van der Waals surface area (Å²) in [6, 6.07) is 1.03. The van der Waals surface area contributed by atoms with Crippen molar-refractivity contribution in [1.82, 2.24) is 9.88 Å². The molecule has 2 N–H and O–H groups in total. The highest BCUT2D eigenvalue weighted by atomic mass is 127. The fourth-order valence-corrected chi connectivity index (χ4v) is 2.23. The molecule has 1 saturated carbocycles. The molecule has 0 aromatic carbocycles. The van der Waals surface area contributed by atoms with Gasteiger partial charge in [0, 0.05) is 15.8 Å². The summed E-state index contributed by atoms with van der Waals surface area (Å²) < 4.78 is 0.935. The van der Waals surface area contributed by atoms with Crippen molar-refractivity contribution in [3.8, 4) is 0 Å². The van der Waals surface area contributed by atoms with Gasteiger partial charge in [-0.2, -0.15) is 0 Å². The Labute approximate surface area is 112 Å². The summed E-state index contributed by atoms with van der Waals surface area (Å²) in [6.07, 6.45) is 3.51. The fourth-order valence-electron chi connectivity index (χ4n) is 1.76. The van der Waals surface area contributed by atoms with Gasteiger partial charge in [-0.25, -0.2) is 4.79 Å². The molecule has 2 rings (SSSR count). The van der Waals surface area contributed by atoms with Crippen molar-refractivity contribution in [3.05, 3.63) is 21.5 Å². The number of nitrogens with zero attached hydrogens (tertiary/aromatic N) is 1. The van der Waals surface area contributed by atoms with Gasteiger partial charge in [0.2, 0.25) is 0 Å². The third-order valence-electron chi connectivity index (χ3n) is 2.83. The van der Waals surface area contributed by atoms with E-state index in [0.717, 1.165) is 16.4 Å². The third-order valence-corrected chi connectivity index (χ3v) is 3.45. The predicted octanol–water partition coefficient (Wildman–Crippen LogP) is 1.70. The number of aromatic amines is 1. The number of aliphatic carboxylic acids is 1. The van der Waals surface area contributed by atoms with E-state index in [2.05, 4.69) is 27.6 Å². The molecular formula is C11H13IN2O3. The molecule has 1 aromatic heterocycles. The van der Waals surface area contributed by atoms with E-state index in [1.54, 1.807) is 19.2 Å². The van der Waals surface area contributed by atoms with Crippen molar-refractivity contribution in [2.75, 3.05) is 0 Å². The lowest BCUT2D eigenvalue weighted by Crippen LogP contribution is -2.44. The Bertz CT molecular complexity index is 453. The van der Waals surface area contributed by atoms with Crippen LogP contribution in [-0.2, 0) is 4.79 Å². The minimum Gasteiger partial charge on any atom is -0.480 e. The summed E-state index contributed by atoms with van der Waals surface area (Å²) in [6.45, 7) is 1.55. The van der Waals surface area contributed by atoms with Crippen LogP contribution in [0.1, 0.15) is 30.3 Å². The Morgan fingerprint density at radius 3 is 2.65 bits per heavy atom. The number of hydrogen-bond donors (Lipinski definition) is 2. The Morgan fingerprint density at radius 1 is 1.59 bits per heavy atom. The van der Waals surface area contributed by atoms with Gasteiger partial charge in [0.15, 0.2) is 0 Å². The van der Waals surface area contributed by atoms with Crippen LogP contribution in [0.4, 0.5) is 0 Å². The summed E-state index contributed by atoms with van der Waals surface area (Å²) in [4.78, 5) is 27.6. The van der Waals surface area contributed by atoms with Gasteiger partial charge >= 0.3 is 5.97 Å². The van der Waals surface area contributed by atoms with E-state index in [9.17, 15) is 9.59 Å². The minimum atomic E-state index is -0.966. The largest absolute Gasteiger partial charge is 0.480 e. The molecule has 0 spiro atoms. The van der Waals surface area contributed by atoms with E-state index in [4.69, 9.17) is 5.11 Å². The first-order valence-electron chi connectivity index (χ1n) is 5.40. The number of H-pyrrole nitrogens is 1. The highest BCUT2D eigenvalue weighted by Gasteiger charge is 2.39. The van der Waals surface area contributed by atoms with Crippen molar-refractivity contribution >= 4 is 34.5 Å². The van der Waals surface area contributed by atoms with Crippen molar-refractivity contribution in [2.45, 2.75) is 31.8 Å². The minimum absolute atomic E-state index is 0.0783. The summed E-state index contributed by atoms with van der Waals surface area (Å²) in [5.41, 5.74) is 0.453. The molecule has 1 aliphatic carbocycles. The molecule has 5 nitrogen and oxygen atoms in total. The zero-order valence-electron chi connectivity index (χ0n) is 9.31. The summed E-state index contributed by atoms with van der Waals surface area (Å²) >= 11 is 2.10. The van der Waals surface area contributed by atoms with Crippen molar-refractivity contribution < 1.29 is 14.7 Å². The van der Waals surface area contributed by atoms with Crippen molar-refractivity contribution in [2.24, 2.45) is 0 Å². The van der Waals surface area contributed by atoms with Gasteiger partial charge in [-0.15, -0.1) is 0 Å². The van der Waals surface area contributed by atoms with Crippen LogP contribution >= 0.6 is 22.6 Å². The van der Waals surface area contributed by atoms with Gasteiger partial charge in [0.05, 0.1) is 0 Å². The molecule has 1 amide bonds. The van der Waals surface area contributed by atoms with Gasteiger partial charge in [-0.3, -0.25) is 4.79 Å². The maximum absolute atomic E-state index is 12.2. The smallest absolute Gasteiger partial charge is 0.326 e. The number of carboxylic acid groups (broad SMARTS) is 1. The molecule has 0 bridgehead atoms. The molecule has 1 fully saturated rings. The van der Waals surface area contributed by atoms with Crippen LogP contribution in [0.2, 0.25) is 0 Å². The molecule has 1 unspecified atom stereocenters. The number of aromatic nitrogens is 1. The molecule has 1 atom stereocenters. The summed E-state index contributed by atoms with van der Waals surface area (Å²) in [5.74, 6) is -1.20.